The van der Waals surface area contributed by atoms with Gasteiger partial charge in [0, 0.05) is 16.5 Å². The van der Waals surface area contributed by atoms with Crippen LogP contribution in [0.4, 0.5) is 36.8 Å². The first-order valence-corrected chi connectivity index (χ1v) is 13.5. The highest BCUT2D eigenvalue weighted by molar-refractivity contribution is 7.98. The molecule has 0 radical (unpaired) electrons. The molecule has 0 saturated carbocycles. The number of aromatic nitrogens is 3. The van der Waals surface area contributed by atoms with Gasteiger partial charge in [-0.05, 0) is 54.1 Å². The molecule has 4 aromatic rings. The van der Waals surface area contributed by atoms with E-state index in [0.29, 0.717) is 39.5 Å². The molecule has 0 unspecified atom stereocenters. The van der Waals surface area contributed by atoms with Crippen LogP contribution in [-0.4, -0.2) is 27.9 Å². The number of carbonyl (C=O) groups excluding carboxylic acids is 1. The van der Waals surface area contributed by atoms with E-state index in [4.69, 9.17) is 27.9 Å². The van der Waals surface area contributed by atoms with Gasteiger partial charge in [-0.25, -0.2) is 4.79 Å². The van der Waals surface area contributed by atoms with Gasteiger partial charge in [0.2, 0.25) is 0 Å². The lowest BCUT2D eigenvalue weighted by Gasteiger charge is -2.15. The van der Waals surface area contributed by atoms with Crippen molar-refractivity contribution in [3.05, 3.63) is 93.2 Å². The molecular formula is C26H19Cl2F6N5O2S. The third kappa shape index (κ3) is 7.81. The van der Waals surface area contributed by atoms with Crippen LogP contribution < -0.4 is 15.4 Å². The maximum Gasteiger partial charge on any atom is 0.416 e. The maximum atomic E-state index is 13.2. The van der Waals surface area contributed by atoms with Gasteiger partial charge in [0.15, 0.2) is 11.0 Å². The molecule has 0 fully saturated rings. The minimum atomic E-state index is -5.07. The van der Waals surface area contributed by atoms with Gasteiger partial charge in [-0.3, -0.25) is 4.57 Å². The average molecular weight is 650 g/mol. The number of nitrogens with zero attached hydrogens (tertiary/aromatic N) is 3. The summed E-state index contributed by atoms with van der Waals surface area (Å²) in [6, 6.07) is 11.7. The van der Waals surface area contributed by atoms with E-state index in [1.54, 1.807) is 29.9 Å². The summed E-state index contributed by atoms with van der Waals surface area (Å²) in [4.78, 5) is 12.5. The van der Waals surface area contributed by atoms with Crippen molar-refractivity contribution in [2.24, 2.45) is 0 Å². The number of benzene rings is 3. The van der Waals surface area contributed by atoms with E-state index >= 15 is 0 Å². The Morgan fingerprint density at radius 3 is 2.26 bits per heavy atom. The Morgan fingerprint density at radius 2 is 1.64 bits per heavy atom. The number of halogens is 8. The second-order valence-electron chi connectivity index (χ2n) is 8.57. The smallest absolute Gasteiger partial charge is 0.416 e. The van der Waals surface area contributed by atoms with Crippen molar-refractivity contribution in [2.75, 3.05) is 12.4 Å². The van der Waals surface area contributed by atoms with Gasteiger partial charge in [0.25, 0.3) is 0 Å². The van der Waals surface area contributed by atoms with Crippen LogP contribution in [0, 0.1) is 0 Å². The molecule has 2 amide bonds. The SMILES string of the molecule is COc1cccc(CSc2nnc(CNC(=O)Nc3cc(C(F)(F)F)cc(C(F)(F)F)c3)n2-c2ccc(Cl)cc2Cl)c1. The monoisotopic (exact) mass is 649 g/mol. The second kappa shape index (κ2) is 12.7. The molecule has 3 aromatic carbocycles. The lowest BCUT2D eigenvalue weighted by Crippen LogP contribution is -2.29. The number of methoxy groups -OCH3 is 1. The van der Waals surface area contributed by atoms with Crippen LogP contribution in [0.25, 0.3) is 5.69 Å². The van der Waals surface area contributed by atoms with Crippen LogP contribution in [0.2, 0.25) is 10.0 Å². The van der Waals surface area contributed by atoms with E-state index in [1.165, 1.54) is 17.8 Å². The Bertz CT molecular complexity index is 1560. The molecule has 0 aliphatic carbocycles. The van der Waals surface area contributed by atoms with Crippen LogP contribution >= 0.6 is 35.0 Å². The molecule has 16 heteroatoms. The minimum Gasteiger partial charge on any atom is -0.497 e. The van der Waals surface area contributed by atoms with E-state index in [2.05, 4.69) is 15.5 Å². The van der Waals surface area contributed by atoms with E-state index in [1.807, 2.05) is 23.5 Å². The molecule has 0 bridgehead atoms. The largest absolute Gasteiger partial charge is 0.497 e. The summed E-state index contributed by atoms with van der Waals surface area (Å²) < 4.78 is 85.9. The van der Waals surface area contributed by atoms with Gasteiger partial charge in [-0.2, -0.15) is 26.3 Å². The number of carbonyl (C=O) groups is 1. The van der Waals surface area contributed by atoms with Crippen LogP contribution in [0.3, 0.4) is 0 Å². The van der Waals surface area contributed by atoms with Gasteiger partial charge in [0.1, 0.15) is 5.75 Å². The van der Waals surface area contributed by atoms with Crippen molar-refractivity contribution in [1.29, 1.82) is 0 Å². The molecule has 0 spiro atoms. The normalized spacial score (nSPS) is 11.8. The quantitative estimate of drug-likeness (QED) is 0.148. The highest BCUT2D eigenvalue weighted by Gasteiger charge is 2.37. The fraction of sp³-hybridized carbons (Fsp3) is 0.192. The molecule has 7 nitrogen and oxygen atoms in total. The Hall–Kier alpha value is -3.62. The maximum absolute atomic E-state index is 13.2. The molecular weight excluding hydrogens is 631 g/mol. The molecule has 1 aromatic heterocycles. The van der Waals surface area contributed by atoms with E-state index in [-0.39, 0.29) is 23.5 Å². The predicted molar refractivity (Wildman–Crippen MR) is 146 cm³/mol. The van der Waals surface area contributed by atoms with Crippen molar-refractivity contribution < 1.29 is 35.9 Å². The van der Waals surface area contributed by atoms with Crippen molar-refractivity contribution in [1.82, 2.24) is 20.1 Å². The molecule has 0 saturated heterocycles. The number of anilines is 1. The van der Waals surface area contributed by atoms with Crippen molar-refractivity contribution in [3.8, 4) is 11.4 Å². The molecule has 42 heavy (non-hydrogen) atoms. The summed E-state index contributed by atoms with van der Waals surface area (Å²) in [7, 11) is 1.54. The van der Waals surface area contributed by atoms with Crippen molar-refractivity contribution >= 4 is 46.7 Å². The number of ether oxygens (including phenoxy) is 1. The summed E-state index contributed by atoms with van der Waals surface area (Å²) in [5.74, 6) is 1.28. The van der Waals surface area contributed by atoms with E-state index < -0.39 is 35.2 Å². The van der Waals surface area contributed by atoms with Crippen LogP contribution in [-0.2, 0) is 24.7 Å². The predicted octanol–water partition coefficient (Wildman–Crippen LogP) is 8.23. The number of hydrogen-bond donors (Lipinski definition) is 2. The zero-order chi connectivity index (χ0) is 30.7. The molecule has 0 aliphatic rings. The summed E-state index contributed by atoms with van der Waals surface area (Å²) >= 11 is 13.8. The standard InChI is InChI=1S/C26H19Cl2F6N5O2S/c1-41-19-4-2-3-14(7-19)13-42-24-38-37-22(39(24)21-6-5-17(27)11-20(21)28)12-35-23(40)36-18-9-15(25(29,30)31)8-16(10-18)26(32,33)34/h2-11H,12-13H2,1H3,(H2,35,36,40). The van der Waals surface area contributed by atoms with E-state index in [0.717, 1.165) is 5.56 Å². The third-order valence-electron chi connectivity index (χ3n) is 5.61. The van der Waals surface area contributed by atoms with Crippen LogP contribution in [0.5, 0.6) is 5.75 Å². The minimum absolute atomic E-state index is 0.0356. The van der Waals surface area contributed by atoms with Gasteiger partial charge in [-0.1, -0.05) is 47.1 Å². The molecule has 0 atom stereocenters. The molecule has 4 rings (SSSR count). The molecule has 222 valence electrons. The van der Waals surface area contributed by atoms with E-state index in [9.17, 15) is 31.1 Å². The average Bonchev–Trinajstić information content (AvgIpc) is 3.32. The Labute approximate surface area is 249 Å². The Morgan fingerprint density at radius 1 is 0.952 bits per heavy atom. The first-order chi connectivity index (χ1) is 19.7. The molecule has 2 N–H and O–H groups in total. The number of urea groups is 1. The lowest BCUT2D eigenvalue weighted by atomic mass is 10.1. The molecule has 0 aliphatic heterocycles. The zero-order valence-corrected chi connectivity index (χ0v) is 23.6. The summed E-state index contributed by atoms with van der Waals surface area (Å²) in [5.41, 5.74) is -2.50. The van der Waals surface area contributed by atoms with Crippen LogP contribution in [0.1, 0.15) is 22.5 Å². The fourth-order valence-corrected chi connectivity index (χ4v) is 5.08. The number of hydrogen-bond acceptors (Lipinski definition) is 5. The van der Waals surface area contributed by atoms with Crippen LogP contribution in [0.15, 0.2) is 65.8 Å². The second-order valence-corrected chi connectivity index (χ2v) is 10.4. The summed E-state index contributed by atoms with van der Waals surface area (Å²) in [6.07, 6.45) is -10.1. The highest BCUT2D eigenvalue weighted by atomic mass is 35.5. The highest BCUT2D eigenvalue weighted by Crippen LogP contribution is 2.37. The van der Waals surface area contributed by atoms with Gasteiger partial charge >= 0.3 is 18.4 Å². The van der Waals surface area contributed by atoms with Gasteiger partial charge < -0.3 is 15.4 Å². The van der Waals surface area contributed by atoms with Gasteiger partial charge in [0.05, 0.1) is 35.5 Å². The Balaban J connectivity index is 1.57. The first kappa shape index (κ1) is 31.3. The molecule has 1 heterocycles. The van der Waals surface area contributed by atoms with Gasteiger partial charge in [-0.15, -0.1) is 10.2 Å². The lowest BCUT2D eigenvalue weighted by molar-refractivity contribution is -0.143. The zero-order valence-electron chi connectivity index (χ0n) is 21.3. The third-order valence-corrected chi connectivity index (χ3v) is 7.14. The van der Waals surface area contributed by atoms with Crippen molar-refractivity contribution in [2.45, 2.75) is 29.8 Å². The number of amides is 2. The number of alkyl halides is 6. The topological polar surface area (TPSA) is 81.1 Å². The first-order valence-electron chi connectivity index (χ1n) is 11.7. The number of rotatable bonds is 8. The number of thioether (sulfide) groups is 1. The summed E-state index contributed by atoms with van der Waals surface area (Å²) in [6.45, 7) is -0.317. The number of nitrogens with one attached hydrogen (secondary N) is 2. The Kier molecular flexibility index (Phi) is 9.48. The fourth-order valence-electron chi connectivity index (χ4n) is 3.68. The summed E-state index contributed by atoms with van der Waals surface area (Å²) in [5, 5.41) is 13.7. The van der Waals surface area contributed by atoms with Crippen molar-refractivity contribution in [3.63, 3.8) is 0 Å².